The molecule has 2 aliphatic rings. The Balaban J connectivity index is 1.81. The number of benzene rings is 1. The first-order valence-electron chi connectivity index (χ1n) is 6.55. The molecule has 2 aromatic rings. The van der Waals surface area contributed by atoms with Gasteiger partial charge in [0.2, 0.25) is 0 Å². The molecule has 0 saturated heterocycles. The van der Waals surface area contributed by atoms with Gasteiger partial charge in [0.1, 0.15) is 5.75 Å². The first kappa shape index (κ1) is 10.2. The van der Waals surface area contributed by atoms with Crippen molar-refractivity contribution in [3.8, 4) is 5.75 Å². The van der Waals surface area contributed by atoms with E-state index in [1.807, 2.05) is 6.20 Å². The highest BCUT2D eigenvalue weighted by Crippen LogP contribution is 2.56. The summed E-state index contributed by atoms with van der Waals surface area (Å²) in [6.45, 7) is 3.07. The summed E-state index contributed by atoms with van der Waals surface area (Å²) in [6, 6.07) is 6.57. The standard InChI is InChI=1S/C15H16N2O/c1-10(13-7-16-9-17-13)11-3-2-4-12-14(11)18-8-15(12)5-6-15/h2-4,7,9-10H,5-6,8H2,1H3,(H,16,17). The molecule has 1 unspecified atom stereocenters. The molecule has 1 spiro atoms. The van der Waals surface area contributed by atoms with Crippen molar-refractivity contribution in [1.29, 1.82) is 0 Å². The maximum atomic E-state index is 5.99. The Morgan fingerprint density at radius 1 is 1.39 bits per heavy atom. The number of aromatic nitrogens is 2. The Hall–Kier alpha value is -1.77. The van der Waals surface area contributed by atoms with Crippen LogP contribution < -0.4 is 4.74 Å². The van der Waals surface area contributed by atoms with E-state index < -0.39 is 0 Å². The zero-order valence-corrected chi connectivity index (χ0v) is 10.4. The number of H-pyrrole nitrogens is 1. The maximum Gasteiger partial charge on any atom is 0.127 e. The van der Waals surface area contributed by atoms with Crippen molar-refractivity contribution >= 4 is 0 Å². The van der Waals surface area contributed by atoms with Crippen molar-refractivity contribution in [1.82, 2.24) is 9.97 Å². The molecular formula is C15H16N2O. The molecule has 0 bridgehead atoms. The van der Waals surface area contributed by atoms with Crippen molar-refractivity contribution in [2.24, 2.45) is 0 Å². The van der Waals surface area contributed by atoms with Gasteiger partial charge in [-0.2, -0.15) is 0 Å². The Morgan fingerprint density at radius 3 is 3.00 bits per heavy atom. The minimum Gasteiger partial charge on any atom is -0.492 e. The number of rotatable bonds is 2. The van der Waals surface area contributed by atoms with Crippen molar-refractivity contribution in [2.45, 2.75) is 31.1 Å². The SMILES string of the molecule is CC(c1cnc[nH]1)c1cccc2c1OCC21CC1. The summed E-state index contributed by atoms with van der Waals surface area (Å²) in [5.74, 6) is 1.42. The zero-order valence-electron chi connectivity index (χ0n) is 10.4. The molecule has 2 heterocycles. The second-order valence-electron chi connectivity index (χ2n) is 5.52. The minimum absolute atomic E-state index is 0.302. The number of fused-ring (bicyclic) bond motifs is 2. The summed E-state index contributed by atoms with van der Waals surface area (Å²) >= 11 is 0. The second-order valence-corrected chi connectivity index (χ2v) is 5.52. The fourth-order valence-corrected chi connectivity index (χ4v) is 3.00. The van der Waals surface area contributed by atoms with Crippen LogP contribution in [0, 0.1) is 0 Å². The van der Waals surface area contributed by atoms with Crippen LogP contribution in [0.1, 0.15) is 42.5 Å². The summed E-state index contributed by atoms with van der Waals surface area (Å²) in [5, 5.41) is 0. The van der Waals surface area contributed by atoms with Gasteiger partial charge in [-0.1, -0.05) is 25.1 Å². The molecule has 1 atom stereocenters. The van der Waals surface area contributed by atoms with Crippen molar-refractivity contribution in [3.63, 3.8) is 0 Å². The van der Waals surface area contributed by atoms with E-state index >= 15 is 0 Å². The predicted octanol–water partition coefficient (Wildman–Crippen LogP) is 2.99. The fraction of sp³-hybridized carbons (Fsp3) is 0.400. The van der Waals surface area contributed by atoms with Gasteiger partial charge in [0.15, 0.2) is 0 Å². The fourth-order valence-electron chi connectivity index (χ4n) is 3.00. The van der Waals surface area contributed by atoms with Gasteiger partial charge in [-0.25, -0.2) is 4.98 Å². The average Bonchev–Trinajstić information content (AvgIpc) is 2.84. The van der Waals surface area contributed by atoms with E-state index in [2.05, 4.69) is 35.1 Å². The van der Waals surface area contributed by atoms with E-state index in [0.29, 0.717) is 11.3 Å². The minimum atomic E-state index is 0.302. The van der Waals surface area contributed by atoms with Crippen LogP contribution in [0.25, 0.3) is 0 Å². The molecule has 3 heteroatoms. The van der Waals surface area contributed by atoms with E-state index in [1.165, 1.54) is 24.0 Å². The van der Waals surface area contributed by atoms with E-state index in [9.17, 15) is 0 Å². The van der Waals surface area contributed by atoms with Crippen LogP contribution in [0.15, 0.2) is 30.7 Å². The number of para-hydroxylation sites is 1. The normalized spacial score (nSPS) is 20.5. The van der Waals surface area contributed by atoms with Crippen LogP contribution >= 0.6 is 0 Å². The molecule has 1 saturated carbocycles. The summed E-state index contributed by atoms with van der Waals surface area (Å²) in [7, 11) is 0. The summed E-state index contributed by atoms with van der Waals surface area (Å²) in [4.78, 5) is 7.30. The quantitative estimate of drug-likeness (QED) is 0.876. The average molecular weight is 240 g/mol. The lowest BCUT2D eigenvalue weighted by Gasteiger charge is -2.14. The van der Waals surface area contributed by atoms with Gasteiger partial charge in [0.25, 0.3) is 0 Å². The number of imidazole rings is 1. The monoisotopic (exact) mass is 240 g/mol. The van der Waals surface area contributed by atoms with Crippen LogP contribution in [-0.2, 0) is 5.41 Å². The predicted molar refractivity (Wildman–Crippen MR) is 69.0 cm³/mol. The van der Waals surface area contributed by atoms with Crippen LogP contribution in [0.4, 0.5) is 0 Å². The molecule has 4 rings (SSSR count). The molecule has 1 aromatic carbocycles. The summed E-state index contributed by atoms with van der Waals surface area (Å²) in [5.41, 5.74) is 4.20. The third kappa shape index (κ3) is 1.27. The molecule has 1 fully saturated rings. The van der Waals surface area contributed by atoms with Crippen LogP contribution in [0.2, 0.25) is 0 Å². The molecule has 0 radical (unpaired) electrons. The molecule has 92 valence electrons. The Kier molecular flexibility index (Phi) is 1.91. The molecular weight excluding hydrogens is 224 g/mol. The number of nitrogens with zero attached hydrogens (tertiary/aromatic N) is 1. The lowest BCUT2D eigenvalue weighted by atomic mass is 9.91. The molecule has 1 aromatic heterocycles. The van der Waals surface area contributed by atoms with Crippen molar-refractivity contribution in [3.05, 3.63) is 47.5 Å². The lowest BCUT2D eigenvalue weighted by Crippen LogP contribution is -2.06. The van der Waals surface area contributed by atoms with Gasteiger partial charge in [-0.05, 0) is 12.8 Å². The lowest BCUT2D eigenvalue weighted by molar-refractivity contribution is 0.320. The van der Waals surface area contributed by atoms with Gasteiger partial charge < -0.3 is 9.72 Å². The van der Waals surface area contributed by atoms with E-state index in [-0.39, 0.29) is 0 Å². The molecule has 1 aliphatic carbocycles. The third-order valence-corrected chi connectivity index (χ3v) is 4.42. The highest BCUT2D eigenvalue weighted by atomic mass is 16.5. The smallest absolute Gasteiger partial charge is 0.127 e. The first-order valence-corrected chi connectivity index (χ1v) is 6.55. The Bertz CT molecular complexity index is 585. The van der Waals surface area contributed by atoms with Gasteiger partial charge in [0, 0.05) is 34.4 Å². The topological polar surface area (TPSA) is 37.9 Å². The van der Waals surface area contributed by atoms with Gasteiger partial charge in [-0.15, -0.1) is 0 Å². The molecule has 18 heavy (non-hydrogen) atoms. The van der Waals surface area contributed by atoms with Crippen molar-refractivity contribution < 1.29 is 4.74 Å². The summed E-state index contributed by atoms with van der Waals surface area (Å²) in [6.07, 6.45) is 6.19. The van der Waals surface area contributed by atoms with E-state index in [1.54, 1.807) is 6.33 Å². The van der Waals surface area contributed by atoms with Crippen molar-refractivity contribution in [2.75, 3.05) is 6.61 Å². The first-order chi connectivity index (χ1) is 8.80. The largest absolute Gasteiger partial charge is 0.492 e. The van der Waals surface area contributed by atoms with Crippen LogP contribution in [0.5, 0.6) is 5.75 Å². The highest BCUT2D eigenvalue weighted by molar-refractivity contribution is 5.54. The Morgan fingerprint density at radius 2 is 2.28 bits per heavy atom. The molecule has 1 N–H and O–H groups in total. The summed E-state index contributed by atoms with van der Waals surface area (Å²) < 4.78 is 5.99. The van der Waals surface area contributed by atoms with Gasteiger partial charge >= 0.3 is 0 Å². The number of nitrogens with one attached hydrogen (secondary N) is 1. The zero-order chi connectivity index (χ0) is 12.2. The van der Waals surface area contributed by atoms with Crippen LogP contribution in [-0.4, -0.2) is 16.6 Å². The number of aromatic amines is 1. The van der Waals surface area contributed by atoms with E-state index in [4.69, 9.17) is 4.74 Å². The number of ether oxygens (including phenoxy) is 1. The molecule has 1 aliphatic heterocycles. The van der Waals surface area contributed by atoms with Gasteiger partial charge in [-0.3, -0.25) is 0 Å². The maximum absolute atomic E-state index is 5.99. The third-order valence-electron chi connectivity index (χ3n) is 4.42. The van der Waals surface area contributed by atoms with E-state index in [0.717, 1.165) is 18.1 Å². The van der Waals surface area contributed by atoms with Crippen LogP contribution in [0.3, 0.4) is 0 Å². The molecule has 3 nitrogen and oxygen atoms in total. The highest BCUT2D eigenvalue weighted by Gasteiger charge is 2.51. The number of hydrogen-bond donors (Lipinski definition) is 1. The molecule has 0 amide bonds. The Labute approximate surface area is 106 Å². The number of hydrogen-bond acceptors (Lipinski definition) is 2. The van der Waals surface area contributed by atoms with Gasteiger partial charge in [0.05, 0.1) is 12.9 Å². The second kappa shape index (κ2) is 3.37.